The molecule has 2 N–H and O–H groups in total. The van der Waals surface area contributed by atoms with E-state index in [1.54, 1.807) is 24.3 Å². The second kappa shape index (κ2) is 11.6. The van der Waals surface area contributed by atoms with E-state index < -0.39 is 5.97 Å². The number of halogens is 1. The number of fused-ring (bicyclic) bond motifs is 3. The van der Waals surface area contributed by atoms with Crippen LogP contribution in [0.1, 0.15) is 58.4 Å². The molecule has 0 aliphatic heterocycles. The van der Waals surface area contributed by atoms with Gasteiger partial charge in [0.05, 0.1) is 16.6 Å². The number of nitrogens with one attached hydrogen (secondary N) is 1. The van der Waals surface area contributed by atoms with Gasteiger partial charge in [0, 0.05) is 28.0 Å². The lowest BCUT2D eigenvalue weighted by Gasteiger charge is -2.17. The second-order valence-electron chi connectivity index (χ2n) is 10.5. The lowest BCUT2D eigenvalue weighted by Crippen LogP contribution is -2.10. The first-order chi connectivity index (χ1) is 20.4. The maximum Gasteiger partial charge on any atom is 0.336 e. The molecule has 0 saturated carbocycles. The summed E-state index contributed by atoms with van der Waals surface area (Å²) in [5, 5.41) is 12.9. The third-order valence-electron chi connectivity index (χ3n) is 7.82. The van der Waals surface area contributed by atoms with Crippen molar-refractivity contribution >= 4 is 45.2 Å². The molecule has 5 aromatic carbocycles. The van der Waals surface area contributed by atoms with E-state index in [0.29, 0.717) is 39.5 Å². The minimum absolute atomic E-state index is 0.0395. The van der Waals surface area contributed by atoms with Crippen molar-refractivity contribution in [2.24, 2.45) is 0 Å². The summed E-state index contributed by atoms with van der Waals surface area (Å²) in [6.07, 6.45) is 2.13. The van der Waals surface area contributed by atoms with Crippen molar-refractivity contribution < 1.29 is 14.7 Å². The average Bonchev–Trinajstić information content (AvgIpc) is 3.46. The molecule has 0 radical (unpaired) electrons. The quantitative estimate of drug-likeness (QED) is 0.169. The van der Waals surface area contributed by atoms with Crippen LogP contribution >= 0.6 is 11.6 Å². The van der Waals surface area contributed by atoms with Crippen LogP contribution in [0.4, 0.5) is 0 Å². The first kappa shape index (κ1) is 27.4. The third-order valence-corrected chi connectivity index (χ3v) is 8.05. The molecule has 0 saturated heterocycles. The molecule has 6 aromatic rings. The zero-order chi connectivity index (χ0) is 29.2. The molecule has 6 heteroatoms. The number of rotatable bonds is 9. The Morgan fingerprint density at radius 1 is 0.857 bits per heavy atom. The molecule has 5 nitrogen and oxygen atoms in total. The zero-order valence-corrected chi connectivity index (χ0v) is 23.9. The summed E-state index contributed by atoms with van der Waals surface area (Å²) in [5.74, 6) is -0.522. The minimum atomic E-state index is -1.12. The van der Waals surface area contributed by atoms with Gasteiger partial charge >= 0.3 is 5.97 Å². The number of imidazole rings is 1. The number of aromatic carboxylic acids is 1. The number of H-pyrrole nitrogens is 1. The van der Waals surface area contributed by atoms with E-state index in [0.717, 1.165) is 40.2 Å². The monoisotopic (exact) mass is 572 g/mol. The fraction of sp³-hybridized carbons (Fsp3) is 0.139. The molecule has 1 aromatic heterocycles. The second-order valence-corrected chi connectivity index (χ2v) is 11.0. The number of carboxylic acid groups (broad SMARTS) is 1. The van der Waals surface area contributed by atoms with Crippen molar-refractivity contribution in [1.29, 1.82) is 0 Å². The minimum Gasteiger partial charge on any atom is -0.478 e. The van der Waals surface area contributed by atoms with Gasteiger partial charge in [0.1, 0.15) is 5.82 Å². The Morgan fingerprint density at radius 3 is 2.40 bits per heavy atom. The van der Waals surface area contributed by atoms with E-state index >= 15 is 0 Å². The van der Waals surface area contributed by atoms with Crippen LogP contribution in [0.25, 0.3) is 44.3 Å². The van der Waals surface area contributed by atoms with Crippen LogP contribution in [0, 0.1) is 0 Å². The number of nitrogens with zero attached hydrogens (tertiary/aromatic N) is 1. The number of Topliss-reactive ketones (excluding diaryl/α,β-unsaturated/α-hetero) is 1. The first-order valence-electron chi connectivity index (χ1n) is 14.1. The number of carbonyl (C=O) groups excluding carboxylic acids is 1. The summed E-state index contributed by atoms with van der Waals surface area (Å²) in [6.45, 7) is 2.10. The van der Waals surface area contributed by atoms with Gasteiger partial charge in [0.25, 0.3) is 0 Å². The van der Waals surface area contributed by atoms with Crippen LogP contribution in [0.15, 0.2) is 103 Å². The molecule has 1 atom stereocenters. The van der Waals surface area contributed by atoms with Gasteiger partial charge in [-0.05, 0) is 64.7 Å². The summed E-state index contributed by atoms with van der Waals surface area (Å²) in [5.41, 5.74) is 5.06. The SMILES string of the molecule is CCC[C@@H](CC(=O)c1ccc(-c2cc(Cl)ccc2-c2nc3c(ccc4ccccc43)[nH]2)c(C(=O)O)c1)c1ccccc1. The molecule has 0 fully saturated rings. The predicted octanol–water partition coefficient (Wildman–Crippen LogP) is 9.56. The largest absolute Gasteiger partial charge is 0.478 e. The molecule has 1 heterocycles. The highest BCUT2D eigenvalue weighted by Crippen LogP contribution is 2.37. The maximum atomic E-state index is 13.4. The van der Waals surface area contributed by atoms with Crippen molar-refractivity contribution in [3.8, 4) is 22.5 Å². The van der Waals surface area contributed by atoms with Gasteiger partial charge in [-0.25, -0.2) is 9.78 Å². The molecule has 42 heavy (non-hydrogen) atoms. The molecule has 0 aliphatic rings. The lowest BCUT2D eigenvalue weighted by atomic mass is 9.87. The maximum absolute atomic E-state index is 13.4. The summed E-state index contributed by atoms with van der Waals surface area (Å²) < 4.78 is 0. The van der Waals surface area contributed by atoms with Crippen LogP contribution in [0.5, 0.6) is 0 Å². The number of carbonyl (C=O) groups is 2. The highest BCUT2D eigenvalue weighted by molar-refractivity contribution is 6.31. The van der Waals surface area contributed by atoms with Crippen LogP contribution in [-0.2, 0) is 0 Å². The highest BCUT2D eigenvalue weighted by atomic mass is 35.5. The number of ketones is 1. The fourth-order valence-electron chi connectivity index (χ4n) is 5.75. The molecule has 0 amide bonds. The molecule has 0 spiro atoms. The van der Waals surface area contributed by atoms with E-state index in [2.05, 4.69) is 11.9 Å². The van der Waals surface area contributed by atoms with E-state index in [4.69, 9.17) is 16.6 Å². The van der Waals surface area contributed by atoms with Crippen LogP contribution in [0.2, 0.25) is 5.02 Å². The van der Waals surface area contributed by atoms with Crippen molar-refractivity contribution in [3.05, 3.63) is 125 Å². The summed E-state index contributed by atoms with van der Waals surface area (Å²) in [7, 11) is 0. The van der Waals surface area contributed by atoms with E-state index in [1.807, 2.05) is 72.8 Å². The van der Waals surface area contributed by atoms with Crippen LogP contribution in [0.3, 0.4) is 0 Å². The van der Waals surface area contributed by atoms with Crippen molar-refractivity contribution in [1.82, 2.24) is 9.97 Å². The average molecular weight is 573 g/mol. The number of hydrogen-bond acceptors (Lipinski definition) is 3. The highest BCUT2D eigenvalue weighted by Gasteiger charge is 2.22. The van der Waals surface area contributed by atoms with E-state index in [1.165, 1.54) is 6.07 Å². The van der Waals surface area contributed by atoms with Gasteiger partial charge in [0.15, 0.2) is 5.78 Å². The number of aromatic nitrogens is 2. The van der Waals surface area contributed by atoms with Crippen molar-refractivity contribution in [3.63, 3.8) is 0 Å². The normalized spacial score (nSPS) is 12.0. The molecule has 6 rings (SSSR count). The van der Waals surface area contributed by atoms with E-state index in [9.17, 15) is 14.7 Å². The zero-order valence-electron chi connectivity index (χ0n) is 23.1. The fourth-order valence-corrected chi connectivity index (χ4v) is 5.92. The molecule has 0 unspecified atom stereocenters. The molecular weight excluding hydrogens is 544 g/mol. The Kier molecular flexibility index (Phi) is 7.60. The number of aromatic amines is 1. The Hall–Kier alpha value is -4.74. The third kappa shape index (κ3) is 5.31. The topological polar surface area (TPSA) is 83.0 Å². The number of hydrogen-bond donors (Lipinski definition) is 2. The Bertz CT molecular complexity index is 1940. The molecule has 0 aliphatic carbocycles. The lowest BCUT2D eigenvalue weighted by molar-refractivity contribution is 0.0697. The first-order valence-corrected chi connectivity index (χ1v) is 14.4. The van der Waals surface area contributed by atoms with Gasteiger partial charge in [0.2, 0.25) is 0 Å². The van der Waals surface area contributed by atoms with E-state index in [-0.39, 0.29) is 17.3 Å². The standard InChI is InChI=1S/C36H29ClN2O3/c1-2-8-24(22-9-4-3-5-10-22)20-33(40)25-13-16-28(31(19-25)36(41)42)30-21-26(37)15-17-29(30)35-38-32-18-14-23-11-6-7-12-27(23)34(32)39-35/h3-7,9-19,21,24H,2,8,20H2,1H3,(H,38,39)(H,41,42)/t24-/m0/s1. The van der Waals surface area contributed by atoms with Crippen LogP contribution < -0.4 is 0 Å². The summed E-state index contributed by atoms with van der Waals surface area (Å²) in [6, 6.07) is 32.4. The summed E-state index contributed by atoms with van der Waals surface area (Å²) >= 11 is 6.44. The Balaban J connectivity index is 1.41. The van der Waals surface area contributed by atoms with Gasteiger partial charge in [-0.2, -0.15) is 0 Å². The van der Waals surface area contributed by atoms with Crippen LogP contribution in [-0.4, -0.2) is 26.8 Å². The number of benzene rings is 5. The molecular formula is C36H29ClN2O3. The Labute approximate surface area is 248 Å². The number of carboxylic acids is 1. The van der Waals surface area contributed by atoms with Crippen molar-refractivity contribution in [2.75, 3.05) is 0 Å². The van der Waals surface area contributed by atoms with Crippen molar-refractivity contribution in [2.45, 2.75) is 32.1 Å². The molecule has 208 valence electrons. The van der Waals surface area contributed by atoms with Gasteiger partial charge < -0.3 is 10.1 Å². The summed E-state index contributed by atoms with van der Waals surface area (Å²) in [4.78, 5) is 34.3. The van der Waals surface area contributed by atoms with Gasteiger partial charge in [-0.3, -0.25) is 4.79 Å². The molecule has 0 bridgehead atoms. The van der Waals surface area contributed by atoms with Gasteiger partial charge in [-0.15, -0.1) is 0 Å². The smallest absolute Gasteiger partial charge is 0.336 e. The van der Waals surface area contributed by atoms with Gasteiger partial charge in [-0.1, -0.05) is 97.7 Å². The predicted molar refractivity (Wildman–Crippen MR) is 169 cm³/mol. The Morgan fingerprint density at radius 2 is 1.62 bits per heavy atom.